The normalized spacial score (nSPS) is 16.5. The van der Waals surface area contributed by atoms with E-state index < -0.39 is 0 Å². The predicted octanol–water partition coefficient (Wildman–Crippen LogP) is 2.52. The topological polar surface area (TPSA) is 39.1 Å². The number of nitrogens with one attached hydrogen (secondary N) is 1. The van der Waals surface area contributed by atoms with Gasteiger partial charge in [0, 0.05) is 12.6 Å². The van der Waals surface area contributed by atoms with Gasteiger partial charge in [-0.3, -0.25) is 4.90 Å². The Morgan fingerprint density at radius 2 is 2.05 bits per heavy atom. The van der Waals surface area contributed by atoms with Crippen molar-refractivity contribution in [1.29, 1.82) is 5.26 Å². The summed E-state index contributed by atoms with van der Waals surface area (Å²) in [5, 5.41) is 12.6. The molecule has 102 valence electrons. The highest BCUT2D eigenvalue weighted by Gasteiger charge is 2.20. The molecular formula is C16H23N3. The predicted molar refractivity (Wildman–Crippen MR) is 77.7 cm³/mol. The Bertz CT molecular complexity index is 430. The van der Waals surface area contributed by atoms with Crippen molar-refractivity contribution in [3.05, 3.63) is 35.4 Å². The van der Waals surface area contributed by atoms with Gasteiger partial charge in [-0.1, -0.05) is 25.1 Å². The smallest absolute Gasteiger partial charge is 0.0995 e. The molecule has 0 amide bonds. The van der Waals surface area contributed by atoms with Crippen LogP contribution in [0.4, 0.5) is 0 Å². The van der Waals surface area contributed by atoms with E-state index in [0.717, 1.165) is 37.3 Å². The van der Waals surface area contributed by atoms with E-state index in [2.05, 4.69) is 29.3 Å². The lowest BCUT2D eigenvalue weighted by Gasteiger charge is -2.34. The summed E-state index contributed by atoms with van der Waals surface area (Å²) in [5.74, 6) is 0. The minimum Gasteiger partial charge on any atom is -0.317 e. The van der Waals surface area contributed by atoms with Gasteiger partial charge < -0.3 is 5.32 Å². The maximum atomic E-state index is 9.19. The lowest BCUT2D eigenvalue weighted by molar-refractivity contribution is 0.154. The van der Waals surface area contributed by atoms with Crippen molar-refractivity contribution < 1.29 is 0 Å². The van der Waals surface area contributed by atoms with E-state index in [1.54, 1.807) is 0 Å². The van der Waals surface area contributed by atoms with Crippen molar-refractivity contribution in [2.45, 2.75) is 38.8 Å². The van der Waals surface area contributed by atoms with Crippen molar-refractivity contribution in [2.75, 3.05) is 19.6 Å². The summed E-state index contributed by atoms with van der Waals surface area (Å²) >= 11 is 0. The van der Waals surface area contributed by atoms with E-state index >= 15 is 0 Å². The first kappa shape index (κ1) is 14.0. The first-order valence-electron chi connectivity index (χ1n) is 7.28. The zero-order valence-corrected chi connectivity index (χ0v) is 11.7. The van der Waals surface area contributed by atoms with E-state index in [9.17, 15) is 5.26 Å². The molecule has 0 radical (unpaired) electrons. The van der Waals surface area contributed by atoms with E-state index in [1.165, 1.54) is 19.3 Å². The van der Waals surface area contributed by atoms with E-state index in [0.29, 0.717) is 6.04 Å². The average Bonchev–Trinajstić information content (AvgIpc) is 2.48. The van der Waals surface area contributed by atoms with Gasteiger partial charge in [-0.2, -0.15) is 5.26 Å². The van der Waals surface area contributed by atoms with Crippen molar-refractivity contribution in [1.82, 2.24) is 10.2 Å². The molecule has 3 nitrogen and oxygen atoms in total. The first-order chi connectivity index (χ1) is 9.35. The molecule has 0 aromatic heterocycles. The second kappa shape index (κ2) is 7.28. The van der Waals surface area contributed by atoms with Crippen molar-refractivity contribution in [3.63, 3.8) is 0 Å². The lowest BCUT2D eigenvalue weighted by Crippen LogP contribution is -2.43. The van der Waals surface area contributed by atoms with Crippen LogP contribution >= 0.6 is 0 Å². The molecule has 1 saturated heterocycles. The molecule has 1 heterocycles. The van der Waals surface area contributed by atoms with Gasteiger partial charge in [0.25, 0.3) is 0 Å². The SMILES string of the molecule is CCCN(Cc1ccccc1C#N)C1CCNCC1. The zero-order valence-electron chi connectivity index (χ0n) is 11.7. The van der Waals surface area contributed by atoms with Gasteiger partial charge in [0.15, 0.2) is 0 Å². The van der Waals surface area contributed by atoms with Gasteiger partial charge in [-0.05, 0) is 50.5 Å². The third kappa shape index (κ3) is 3.79. The summed E-state index contributed by atoms with van der Waals surface area (Å²) < 4.78 is 0. The van der Waals surface area contributed by atoms with Gasteiger partial charge >= 0.3 is 0 Å². The fourth-order valence-electron chi connectivity index (χ4n) is 2.84. The first-order valence-corrected chi connectivity index (χ1v) is 7.28. The molecule has 1 fully saturated rings. The molecule has 1 aromatic rings. The summed E-state index contributed by atoms with van der Waals surface area (Å²) in [5.41, 5.74) is 1.98. The highest BCUT2D eigenvalue weighted by molar-refractivity contribution is 5.37. The summed E-state index contributed by atoms with van der Waals surface area (Å²) in [4.78, 5) is 2.55. The molecule has 0 atom stereocenters. The largest absolute Gasteiger partial charge is 0.317 e. The summed E-state index contributed by atoms with van der Waals surface area (Å²) in [6, 6.07) is 10.9. The maximum Gasteiger partial charge on any atom is 0.0995 e. The van der Waals surface area contributed by atoms with E-state index in [-0.39, 0.29) is 0 Å². The molecule has 1 aromatic carbocycles. The Morgan fingerprint density at radius 1 is 1.32 bits per heavy atom. The highest BCUT2D eigenvalue weighted by Crippen LogP contribution is 2.18. The number of rotatable bonds is 5. The molecule has 0 aliphatic carbocycles. The van der Waals surface area contributed by atoms with E-state index in [4.69, 9.17) is 0 Å². The Hall–Kier alpha value is -1.37. The average molecular weight is 257 g/mol. The van der Waals surface area contributed by atoms with Gasteiger partial charge in [-0.25, -0.2) is 0 Å². The Balaban J connectivity index is 2.09. The van der Waals surface area contributed by atoms with Gasteiger partial charge in [-0.15, -0.1) is 0 Å². The molecule has 3 heteroatoms. The zero-order chi connectivity index (χ0) is 13.5. The maximum absolute atomic E-state index is 9.19. The number of nitrogens with zero attached hydrogens (tertiary/aromatic N) is 2. The molecule has 1 aliphatic rings. The van der Waals surface area contributed by atoms with Crippen LogP contribution in [-0.2, 0) is 6.54 Å². The molecule has 1 N–H and O–H groups in total. The van der Waals surface area contributed by atoms with Crippen molar-refractivity contribution >= 4 is 0 Å². The van der Waals surface area contributed by atoms with Crippen LogP contribution in [0.1, 0.15) is 37.3 Å². The molecule has 0 bridgehead atoms. The monoisotopic (exact) mass is 257 g/mol. The van der Waals surface area contributed by atoms with Gasteiger partial charge in [0.05, 0.1) is 11.6 Å². The molecule has 0 unspecified atom stereocenters. The van der Waals surface area contributed by atoms with Crippen LogP contribution in [0.25, 0.3) is 0 Å². The van der Waals surface area contributed by atoms with Crippen LogP contribution in [0.5, 0.6) is 0 Å². The fraction of sp³-hybridized carbons (Fsp3) is 0.562. The molecular weight excluding hydrogens is 234 g/mol. The summed E-state index contributed by atoms with van der Waals surface area (Å²) in [7, 11) is 0. The molecule has 0 spiro atoms. The number of benzene rings is 1. The van der Waals surface area contributed by atoms with Crippen LogP contribution in [0.15, 0.2) is 24.3 Å². The molecule has 19 heavy (non-hydrogen) atoms. The van der Waals surface area contributed by atoms with Crippen LogP contribution < -0.4 is 5.32 Å². The van der Waals surface area contributed by atoms with Crippen LogP contribution in [0, 0.1) is 11.3 Å². The molecule has 2 rings (SSSR count). The number of hydrogen-bond acceptors (Lipinski definition) is 3. The Morgan fingerprint density at radius 3 is 2.74 bits per heavy atom. The Kier molecular flexibility index (Phi) is 5.38. The van der Waals surface area contributed by atoms with Gasteiger partial charge in [0.2, 0.25) is 0 Å². The van der Waals surface area contributed by atoms with Gasteiger partial charge in [0.1, 0.15) is 0 Å². The fourth-order valence-corrected chi connectivity index (χ4v) is 2.84. The molecule has 1 aliphatic heterocycles. The summed E-state index contributed by atoms with van der Waals surface area (Å²) in [6.07, 6.45) is 3.60. The third-order valence-electron chi connectivity index (χ3n) is 3.85. The number of nitriles is 1. The standard InChI is InChI=1S/C16H23N3/c1-2-11-19(16-7-9-18-10-8-16)13-15-6-4-3-5-14(15)12-17/h3-6,16,18H,2,7-11,13H2,1H3. The van der Waals surface area contributed by atoms with Crippen LogP contribution in [-0.4, -0.2) is 30.6 Å². The van der Waals surface area contributed by atoms with Crippen LogP contribution in [0.3, 0.4) is 0 Å². The molecule has 0 saturated carbocycles. The Labute approximate surface area is 116 Å². The second-order valence-corrected chi connectivity index (χ2v) is 5.22. The highest BCUT2D eigenvalue weighted by atomic mass is 15.2. The van der Waals surface area contributed by atoms with Crippen molar-refractivity contribution in [3.8, 4) is 6.07 Å². The minimum atomic E-state index is 0.660. The van der Waals surface area contributed by atoms with E-state index in [1.807, 2.05) is 18.2 Å². The van der Waals surface area contributed by atoms with Crippen molar-refractivity contribution in [2.24, 2.45) is 0 Å². The third-order valence-corrected chi connectivity index (χ3v) is 3.85. The summed E-state index contributed by atoms with van der Waals surface area (Å²) in [6.45, 7) is 6.48. The lowest BCUT2D eigenvalue weighted by atomic mass is 10.0. The van der Waals surface area contributed by atoms with Crippen LogP contribution in [0.2, 0.25) is 0 Å². The quantitative estimate of drug-likeness (QED) is 0.881. The second-order valence-electron chi connectivity index (χ2n) is 5.22. The minimum absolute atomic E-state index is 0.660. The number of hydrogen-bond donors (Lipinski definition) is 1. The number of piperidine rings is 1.